The molecule has 0 bridgehead atoms. The molecule has 0 radical (unpaired) electrons. The molecule has 0 saturated heterocycles. The van der Waals surface area contributed by atoms with Crippen LogP contribution in [-0.4, -0.2) is 37.1 Å². The SMILES string of the molecule is CCOC(=O)CCNC(=O)c1ccc([N+](=O)[O-])cc1OC. The number of rotatable bonds is 7. The van der Waals surface area contributed by atoms with Gasteiger partial charge in [0.15, 0.2) is 0 Å². The third kappa shape index (κ3) is 4.75. The molecule has 0 spiro atoms. The number of benzene rings is 1. The first-order chi connectivity index (χ1) is 9.99. The minimum Gasteiger partial charge on any atom is -0.496 e. The topological polar surface area (TPSA) is 108 Å². The van der Waals surface area contributed by atoms with Crippen LogP contribution in [0.15, 0.2) is 18.2 Å². The highest BCUT2D eigenvalue weighted by molar-refractivity contribution is 5.97. The maximum atomic E-state index is 11.9. The van der Waals surface area contributed by atoms with Crippen LogP contribution in [0, 0.1) is 10.1 Å². The number of nitrogens with zero attached hydrogens (tertiary/aromatic N) is 1. The minimum atomic E-state index is -0.578. The molecular weight excluding hydrogens is 280 g/mol. The predicted octanol–water partition coefficient (Wildman–Crippen LogP) is 1.29. The van der Waals surface area contributed by atoms with Crippen LogP contribution in [0.2, 0.25) is 0 Å². The molecule has 114 valence electrons. The van der Waals surface area contributed by atoms with Crippen LogP contribution < -0.4 is 10.1 Å². The molecule has 0 aliphatic carbocycles. The normalized spacial score (nSPS) is 9.81. The van der Waals surface area contributed by atoms with Crippen LogP contribution in [0.4, 0.5) is 5.69 Å². The summed E-state index contributed by atoms with van der Waals surface area (Å²) in [6.45, 7) is 2.08. The molecule has 1 amide bonds. The van der Waals surface area contributed by atoms with Gasteiger partial charge in [-0.3, -0.25) is 19.7 Å². The van der Waals surface area contributed by atoms with Crippen LogP contribution in [0.5, 0.6) is 5.75 Å². The number of nitrogens with one attached hydrogen (secondary N) is 1. The van der Waals surface area contributed by atoms with E-state index in [-0.39, 0.29) is 36.6 Å². The second-order valence-electron chi connectivity index (χ2n) is 3.95. The summed E-state index contributed by atoms with van der Waals surface area (Å²) in [6.07, 6.45) is 0.0505. The Kier molecular flexibility index (Phi) is 6.12. The number of carbonyl (C=O) groups excluding carboxylic acids is 2. The lowest BCUT2D eigenvalue weighted by Gasteiger charge is -2.09. The maximum absolute atomic E-state index is 11.9. The molecule has 0 fully saturated rings. The number of ether oxygens (including phenoxy) is 2. The molecule has 0 unspecified atom stereocenters. The van der Waals surface area contributed by atoms with E-state index in [1.807, 2.05) is 0 Å². The van der Waals surface area contributed by atoms with Crippen LogP contribution >= 0.6 is 0 Å². The van der Waals surface area contributed by atoms with Crippen molar-refractivity contribution >= 4 is 17.6 Å². The van der Waals surface area contributed by atoms with Crippen molar-refractivity contribution in [2.75, 3.05) is 20.3 Å². The molecule has 0 aliphatic heterocycles. The number of methoxy groups -OCH3 is 1. The number of hydrogen-bond acceptors (Lipinski definition) is 6. The average molecular weight is 296 g/mol. The predicted molar refractivity (Wildman–Crippen MR) is 73.2 cm³/mol. The highest BCUT2D eigenvalue weighted by atomic mass is 16.6. The third-order valence-corrected chi connectivity index (χ3v) is 2.56. The second-order valence-corrected chi connectivity index (χ2v) is 3.95. The molecule has 1 rings (SSSR count). The van der Waals surface area contributed by atoms with Gasteiger partial charge in [0.1, 0.15) is 5.75 Å². The molecule has 21 heavy (non-hydrogen) atoms. The van der Waals surface area contributed by atoms with E-state index >= 15 is 0 Å². The fourth-order valence-electron chi connectivity index (χ4n) is 1.59. The van der Waals surface area contributed by atoms with Crippen LogP contribution in [0.25, 0.3) is 0 Å². The molecular formula is C13H16N2O6. The standard InChI is InChI=1S/C13H16N2O6/c1-3-21-12(16)6-7-14-13(17)10-5-4-9(15(18)19)8-11(10)20-2/h4-5,8H,3,6-7H2,1-2H3,(H,14,17). The van der Waals surface area contributed by atoms with Crippen molar-refractivity contribution in [3.8, 4) is 5.75 Å². The molecule has 0 atom stereocenters. The van der Waals surface area contributed by atoms with Gasteiger partial charge in [0.25, 0.3) is 11.6 Å². The zero-order valence-electron chi connectivity index (χ0n) is 11.8. The van der Waals surface area contributed by atoms with E-state index in [1.165, 1.54) is 25.3 Å². The van der Waals surface area contributed by atoms with Gasteiger partial charge in [0, 0.05) is 12.6 Å². The lowest BCUT2D eigenvalue weighted by Crippen LogP contribution is -2.27. The fraction of sp³-hybridized carbons (Fsp3) is 0.385. The van der Waals surface area contributed by atoms with Crippen molar-refractivity contribution in [2.45, 2.75) is 13.3 Å². The first-order valence-electron chi connectivity index (χ1n) is 6.25. The molecule has 0 aliphatic rings. The Morgan fingerprint density at radius 2 is 2.10 bits per heavy atom. The fourth-order valence-corrected chi connectivity index (χ4v) is 1.59. The van der Waals surface area contributed by atoms with Gasteiger partial charge in [0.05, 0.1) is 36.7 Å². The lowest BCUT2D eigenvalue weighted by molar-refractivity contribution is -0.384. The summed E-state index contributed by atoms with van der Waals surface area (Å²) in [6, 6.07) is 3.68. The van der Waals surface area contributed by atoms with E-state index in [9.17, 15) is 19.7 Å². The molecule has 1 aromatic carbocycles. The molecule has 0 aromatic heterocycles. The zero-order chi connectivity index (χ0) is 15.8. The summed E-state index contributed by atoms with van der Waals surface area (Å²) in [5, 5.41) is 13.2. The number of nitro groups is 1. The van der Waals surface area contributed by atoms with Gasteiger partial charge in [-0.2, -0.15) is 0 Å². The number of non-ortho nitro benzene ring substituents is 1. The molecule has 0 saturated carbocycles. The van der Waals surface area contributed by atoms with Crippen LogP contribution in [0.1, 0.15) is 23.7 Å². The Morgan fingerprint density at radius 3 is 2.67 bits per heavy atom. The third-order valence-electron chi connectivity index (χ3n) is 2.56. The van der Waals surface area contributed by atoms with Crippen molar-refractivity contribution < 1.29 is 24.0 Å². The van der Waals surface area contributed by atoms with E-state index < -0.39 is 16.8 Å². The number of hydrogen-bond donors (Lipinski definition) is 1. The summed E-state index contributed by atoms with van der Waals surface area (Å²) >= 11 is 0. The van der Waals surface area contributed by atoms with E-state index in [2.05, 4.69) is 5.32 Å². The minimum absolute atomic E-state index is 0.0505. The number of esters is 1. The number of carbonyl (C=O) groups is 2. The summed E-state index contributed by atoms with van der Waals surface area (Å²) in [7, 11) is 1.31. The van der Waals surface area contributed by atoms with Crippen molar-refractivity contribution in [3.63, 3.8) is 0 Å². The summed E-state index contributed by atoms with van der Waals surface area (Å²) in [5.41, 5.74) is -0.0121. The smallest absolute Gasteiger partial charge is 0.307 e. The highest BCUT2D eigenvalue weighted by Crippen LogP contribution is 2.24. The van der Waals surface area contributed by atoms with Crippen LogP contribution in [0.3, 0.4) is 0 Å². The summed E-state index contributed by atoms with van der Waals surface area (Å²) in [5.74, 6) is -0.794. The van der Waals surface area contributed by atoms with Gasteiger partial charge in [-0.05, 0) is 13.0 Å². The second kappa shape index (κ2) is 7.83. The molecule has 8 nitrogen and oxygen atoms in total. The zero-order valence-corrected chi connectivity index (χ0v) is 11.8. The Bertz CT molecular complexity index is 543. The van der Waals surface area contributed by atoms with E-state index in [0.29, 0.717) is 0 Å². The number of nitro benzene ring substituents is 1. The van der Waals surface area contributed by atoms with E-state index in [4.69, 9.17) is 9.47 Å². The first-order valence-corrected chi connectivity index (χ1v) is 6.25. The van der Waals surface area contributed by atoms with Crippen molar-refractivity contribution in [2.24, 2.45) is 0 Å². The van der Waals surface area contributed by atoms with Crippen molar-refractivity contribution in [1.29, 1.82) is 0 Å². The Labute approximate surface area is 121 Å². The molecule has 1 aromatic rings. The molecule has 8 heteroatoms. The van der Waals surface area contributed by atoms with Crippen molar-refractivity contribution in [1.82, 2.24) is 5.32 Å². The Balaban J connectivity index is 2.69. The largest absolute Gasteiger partial charge is 0.496 e. The van der Waals surface area contributed by atoms with Gasteiger partial charge >= 0.3 is 5.97 Å². The van der Waals surface area contributed by atoms with Crippen molar-refractivity contribution in [3.05, 3.63) is 33.9 Å². The van der Waals surface area contributed by atoms with Gasteiger partial charge in [-0.1, -0.05) is 0 Å². The Morgan fingerprint density at radius 1 is 1.38 bits per heavy atom. The van der Waals surface area contributed by atoms with Gasteiger partial charge < -0.3 is 14.8 Å². The first kappa shape index (κ1) is 16.4. The van der Waals surface area contributed by atoms with E-state index in [1.54, 1.807) is 6.92 Å². The molecule has 0 heterocycles. The Hall–Kier alpha value is -2.64. The van der Waals surface area contributed by atoms with Gasteiger partial charge in [0.2, 0.25) is 0 Å². The quantitative estimate of drug-likeness (QED) is 0.461. The van der Waals surface area contributed by atoms with Gasteiger partial charge in [-0.25, -0.2) is 0 Å². The lowest BCUT2D eigenvalue weighted by atomic mass is 10.1. The monoisotopic (exact) mass is 296 g/mol. The average Bonchev–Trinajstić information content (AvgIpc) is 2.46. The van der Waals surface area contributed by atoms with Crippen LogP contribution in [-0.2, 0) is 9.53 Å². The maximum Gasteiger partial charge on any atom is 0.307 e. The van der Waals surface area contributed by atoms with E-state index in [0.717, 1.165) is 0 Å². The highest BCUT2D eigenvalue weighted by Gasteiger charge is 2.16. The molecule has 1 N–H and O–H groups in total. The number of amides is 1. The summed E-state index contributed by atoms with van der Waals surface area (Å²) in [4.78, 5) is 33.1. The van der Waals surface area contributed by atoms with Gasteiger partial charge in [-0.15, -0.1) is 0 Å². The summed E-state index contributed by atoms with van der Waals surface area (Å²) < 4.78 is 9.69.